The van der Waals surface area contributed by atoms with Crippen LogP contribution in [0.15, 0.2) is 47.7 Å². The quantitative estimate of drug-likeness (QED) is 0.522. The summed E-state index contributed by atoms with van der Waals surface area (Å²) in [4.78, 5) is 45.5. The van der Waals surface area contributed by atoms with Gasteiger partial charge in [-0.1, -0.05) is 6.07 Å². The van der Waals surface area contributed by atoms with Crippen LogP contribution >= 0.6 is 0 Å². The number of aromatic amines is 1. The molecule has 1 N–H and O–H groups in total. The summed E-state index contributed by atoms with van der Waals surface area (Å²) >= 11 is 0. The maximum atomic E-state index is 13.6. The van der Waals surface area contributed by atoms with Crippen LogP contribution in [0.25, 0.3) is 11.0 Å². The molecule has 1 aliphatic heterocycles. The van der Waals surface area contributed by atoms with E-state index >= 15 is 0 Å². The minimum atomic E-state index is -0.312. The van der Waals surface area contributed by atoms with Crippen molar-refractivity contribution in [2.45, 2.75) is 46.2 Å². The molecule has 4 aromatic rings. The van der Waals surface area contributed by atoms with Crippen molar-refractivity contribution >= 4 is 16.9 Å². The number of amides is 1. The number of carbonyl (C=O) groups is 1. The van der Waals surface area contributed by atoms with E-state index in [-0.39, 0.29) is 29.6 Å². The molecular weight excluding hydrogens is 416 g/mol. The number of imidazole rings is 1. The van der Waals surface area contributed by atoms with Gasteiger partial charge in [-0.2, -0.15) is 0 Å². The minimum absolute atomic E-state index is 0.180. The fourth-order valence-electron chi connectivity index (χ4n) is 4.46. The predicted octanol–water partition coefficient (Wildman–Crippen LogP) is 3.47. The molecule has 168 valence electrons. The van der Waals surface area contributed by atoms with Crippen molar-refractivity contribution in [1.82, 2.24) is 29.4 Å². The van der Waals surface area contributed by atoms with Gasteiger partial charge in [0.25, 0.3) is 11.5 Å². The number of nitrogens with zero attached hydrogens (tertiary/aromatic N) is 5. The molecule has 1 aromatic carbocycles. The van der Waals surface area contributed by atoms with E-state index in [4.69, 9.17) is 4.98 Å². The summed E-state index contributed by atoms with van der Waals surface area (Å²) in [6.45, 7) is 6.56. The van der Waals surface area contributed by atoms with Crippen molar-refractivity contribution in [1.29, 1.82) is 0 Å². The fraction of sp³-hybridized carbons (Fsp3) is 0.320. The number of carbonyl (C=O) groups excluding carboxylic acids is 1. The first-order valence-corrected chi connectivity index (χ1v) is 11.2. The number of hydrogen-bond donors (Lipinski definition) is 1. The summed E-state index contributed by atoms with van der Waals surface area (Å²) in [5.74, 6) is 0.520. The molecule has 1 aliphatic rings. The Hall–Kier alpha value is -3.81. The molecule has 1 amide bonds. The molecule has 4 heterocycles. The smallest absolute Gasteiger partial charge is 0.264 e. The van der Waals surface area contributed by atoms with Crippen molar-refractivity contribution in [3.63, 3.8) is 0 Å². The lowest BCUT2D eigenvalue weighted by Gasteiger charge is -2.24. The Kier molecular flexibility index (Phi) is 5.28. The second-order valence-electron chi connectivity index (χ2n) is 8.76. The highest BCUT2D eigenvalue weighted by Crippen LogP contribution is 2.32. The molecule has 0 bridgehead atoms. The Morgan fingerprint density at radius 1 is 1.15 bits per heavy atom. The monoisotopic (exact) mass is 442 g/mol. The average Bonchev–Trinajstić information content (AvgIpc) is 3.43. The second-order valence-corrected chi connectivity index (χ2v) is 8.76. The number of fused-ring (bicyclic) bond motifs is 1. The van der Waals surface area contributed by atoms with E-state index in [1.807, 2.05) is 32.0 Å². The number of pyridine rings is 1. The molecule has 33 heavy (non-hydrogen) atoms. The number of nitrogens with one attached hydrogen (secondary N) is 1. The molecule has 8 heteroatoms. The van der Waals surface area contributed by atoms with Gasteiger partial charge in [-0.05, 0) is 62.9 Å². The molecule has 1 fully saturated rings. The van der Waals surface area contributed by atoms with Crippen molar-refractivity contribution in [2.75, 3.05) is 6.54 Å². The number of aromatic nitrogens is 5. The highest BCUT2D eigenvalue weighted by molar-refractivity contribution is 5.95. The van der Waals surface area contributed by atoms with Gasteiger partial charge in [0, 0.05) is 18.9 Å². The van der Waals surface area contributed by atoms with Gasteiger partial charge in [-0.25, -0.2) is 4.98 Å². The number of likely N-dealkylation sites (tertiary alicyclic amines) is 1. The van der Waals surface area contributed by atoms with E-state index in [1.54, 1.807) is 30.4 Å². The van der Waals surface area contributed by atoms with Crippen molar-refractivity contribution < 1.29 is 4.79 Å². The van der Waals surface area contributed by atoms with Crippen LogP contribution in [-0.2, 0) is 6.54 Å². The fourth-order valence-corrected chi connectivity index (χ4v) is 4.46. The number of H-pyrrole nitrogens is 1. The SMILES string of the molecule is Cc1ccc2nc(C3CCCN3C(=O)c3c(C)ccn(Cc4cnc(C)cn4)c3=O)[nH]c2c1. The first kappa shape index (κ1) is 21.1. The lowest BCUT2D eigenvalue weighted by atomic mass is 10.1. The standard InChI is InChI=1S/C25H26N6O2/c1-15-6-7-19-20(11-15)29-23(28-19)21-5-4-9-31(21)25(33)22-16(2)8-10-30(24(22)32)14-18-13-26-17(3)12-27-18/h6-8,10-13,21H,4-5,9,14H2,1-3H3,(H,28,29). The lowest BCUT2D eigenvalue weighted by molar-refractivity contribution is 0.0727. The second kappa shape index (κ2) is 8.27. The molecule has 0 aliphatic carbocycles. The van der Waals surface area contributed by atoms with Gasteiger partial charge in [-0.3, -0.25) is 19.6 Å². The summed E-state index contributed by atoms with van der Waals surface area (Å²) in [5, 5.41) is 0. The summed E-state index contributed by atoms with van der Waals surface area (Å²) < 4.78 is 1.52. The molecule has 0 saturated carbocycles. The van der Waals surface area contributed by atoms with Crippen LogP contribution in [0.4, 0.5) is 0 Å². The third-order valence-electron chi connectivity index (χ3n) is 6.24. The molecule has 5 rings (SSSR count). The van der Waals surface area contributed by atoms with Crippen LogP contribution in [0.5, 0.6) is 0 Å². The molecular formula is C25H26N6O2. The van der Waals surface area contributed by atoms with Crippen molar-refractivity contribution in [3.05, 3.63) is 87.1 Å². The zero-order valence-corrected chi connectivity index (χ0v) is 19.0. The molecule has 8 nitrogen and oxygen atoms in total. The topological polar surface area (TPSA) is 96.8 Å². The maximum Gasteiger partial charge on any atom is 0.264 e. The Labute approximate surface area is 191 Å². The van der Waals surface area contributed by atoms with Gasteiger partial charge >= 0.3 is 0 Å². The number of hydrogen-bond acceptors (Lipinski definition) is 5. The predicted molar refractivity (Wildman–Crippen MR) is 125 cm³/mol. The average molecular weight is 443 g/mol. The van der Waals surface area contributed by atoms with E-state index in [0.717, 1.165) is 41.0 Å². The Balaban J connectivity index is 1.47. The van der Waals surface area contributed by atoms with Gasteiger partial charge in [0.1, 0.15) is 11.4 Å². The Bertz CT molecular complexity index is 1400. The minimum Gasteiger partial charge on any atom is -0.340 e. The van der Waals surface area contributed by atoms with Crippen LogP contribution in [0, 0.1) is 20.8 Å². The molecule has 1 unspecified atom stereocenters. The van der Waals surface area contributed by atoms with E-state index < -0.39 is 0 Å². The number of aryl methyl sites for hydroxylation is 3. The Morgan fingerprint density at radius 3 is 2.79 bits per heavy atom. The zero-order chi connectivity index (χ0) is 23.1. The van der Waals surface area contributed by atoms with Gasteiger partial charge in [-0.15, -0.1) is 0 Å². The van der Waals surface area contributed by atoms with Gasteiger partial charge in [0.15, 0.2) is 0 Å². The highest BCUT2D eigenvalue weighted by atomic mass is 16.2. The van der Waals surface area contributed by atoms with Gasteiger partial charge < -0.3 is 14.5 Å². The van der Waals surface area contributed by atoms with E-state index in [2.05, 4.69) is 21.0 Å². The Morgan fingerprint density at radius 2 is 2.00 bits per heavy atom. The summed E-state index contributed by atoms with van der Waals surface area (Å²) in [5.41, 5.74) is 5.03. The van der Waals surface area contributed by atoms with Crippen molar-refractivity contribution in [2.24, 2.45) is 0 Å². The van der Waals surface area contributed by atoms with Crippen LogP contribution < -0.4 is 5.56 Å². The first-order valence-electron chi connectivity index (χ1n) is 11.2. The van der Waals surface area contributed by atoms with Gasteiger partial charge in [0.2, 0.25) is 0 Å². The summed E-state index contributed by atoms with van der Waals surface area (Å²) in [7, 11) is 0. The van der Waals surface area contributed by atoms with E-state index in [1.165, 1.54) is 4.57 Å². The van der Waals surface area contributed by atoms with E-state index in [0.29, 0.717) is 17.8 Å². The van der Waals surface area contributed by atoms with Crippen LogP contribution in [0.3, 0.4) is 0 Å². The molecule has 0 spiro atoms. The molecule has 1 atom stereocenters. The number of rotatable bonds is 4. The summed E-state index contributed by atoms with van der Waals surface area (Å²) in [6, 6.07) is 7.70. The molecule has 1 saturated heterocycles. The van der Waals surface area contributed by atoms with E-state index in [9.17, 15) is 9.59 Å². The molecule has 0 radical (unpaired) electrons. The van der Waals surface area contributed by atoms with Crippen LogP contribution in [-0.4, -0.2) is 41.9 Å². The highest BCUT2D eigenvalue weighted by Gasteiger charge is 2.34. The summed E-state index contributed by atoms with van der Waals surface area (Å²) in [6.07, 6.45) is 6.71. The van der Waals surface area contributed by atoms with Crippen molar-refractivity contribution in [3.8, 4) is 0 Å². The molecule has 3 aromatic heterocycles. The van der Waals surface area contributed by atoms with Crippen LogP contribution in [0.2, 0.25) is 0 Å². The van der Waals surface area contributed by atoms with Crippen LogP contribution in [0.1, 0.15) is 57.6 Å². The third kappa shape index (κ3) is 3.92. The first-order chi connectivity index (χ1) is 15.9. The largest absolute Gasteiger partial charge is 0.340 e. The number of benzene rings is 1. The lowest BCUT2D eigenvalue weighted by Crippen LogP contribution is -2.37. The van der Waals surface area contributed by atoms with Gasteiger partial charge in [0.05, 0.1) is 41.2 Å². The zero-order valence-electron chi connectivity index (χ0n) is 19.0. The normalized spacial score (nSPS) is 16.0. The maximum absolute atomic E-state index is 13.6. The third-order valence-corrected chi connectivity index (χ3v) is 6.24.